The summed E-state index contributed by atoms with van der Waals surface area (Å²) in [6, 6.07) is 5.69. The predicted octanol–water partition coefficient (Wildman–Crippen LogP) is 3.88. The van der Waals surface area contributed by atoms with Crippen LogP contribution in [0.5, 0.6) is 0 Å². The van der Waals surface area contributed by atoms with Crippen molar-refractivity contribution in [2.45, 2.75) is 54.8 Å². The zero-order valence-electron chi connectivity index (χ0n) is 13.2. The van der Waals surface area contributed by atoms with Gasteiger partial charge < -0.3 is 0 Å². The SMILES string of the molecule is Cc1ccc(S(=O)(=O)N2CCCC(I)C2)c(C(C)(C)C)c1. The highest BCUT2D eigenvalue weighted by molar-refractivity contribution is 14.1. The van der Waals surface area contributed by atoms with E-state index >= 15 is 0 Å². The first-order valence-electron chi connectivity index (χ1n) is 7.38. The van der Waals surface area contributed by atoms with Crippen molar-refractivity contribution in [3.63, 3.8) is 0 Å². The number of aryl methyl sites for hydroxylation is 1. The lowest BCUT2D eigenvalue weighted by molar-refractivity contribution is 0.358. The molecular formula is C16H24INO2S. The molecule has 1 fully saturated rings. The summed E-state index contributed by atoms with van der Waals surface area (Å²) in [7, 11) is -3.40. The Morgan fingerprint density at radius 3 is 2.52 bits per heavy atom. The van der Waals surface area contributed by atoms with Gasteiger partial charge in [0.25, 0.3) is 0 Å². The van der Waals surface area contributed by atoms with Crippen molar-refractivity contribution in [3.8, 4) is 0 Å². The molecule has 0 bridgehead atoms. The third-order valence-electron chi connectivity index (χ3n) is 3.89. The molecule has 0 amide bonds. The molecule has 1 heterocycles. The second-order valence-electron chi connectivity index (χ2n) is 6.85. The van der Waals surface area contributed by atoms with Gasteiger partial charge in [-0.1, -0.05) is 61.1 Å². The summed E-state index contributed by atoms with van der Waals surface area (Å²) >= 11 is 2.36. The van der Waals surface area contributed by atoms with Crippen LogP contribution in [0.3, 0.4) is 0 Å². The maximum absolute atomic E-state index is 13.0. The Kier molecular flexibility index (Phi) is 5.05. The first kappa shape index (κ1) is 17.2. The van der Waals surface area contributed by atoms with E-state index in [-0.39, 0.29) is 5.41 Å². The smallest absolute Gasteiger partial charge is 0.207 e. The molecule has 0 radical (unpaired) electrons. The summed E-state index contributed by atoms with van der Waals surface area (Å²) in [5.74, 6) is 0. The second kappa shape index (κ2) is 6.16. The Morgan fingerprint density at radius 1 is 1.29 bits per heavy atom. The fourth-order valence-electron chi connectivity index (χ4n) is 2.70. The Morgan fingerprint density at radius 2 is 1.95 bits per heavy atom. The van der Waals surface area contributed by atoms with Crippen molar-refractivity contribution in [2.24, 2.45) is 0 Å². The number of hydrogen-bond donors (Lipinski definition) is 0. The van der Waals surface area contributed by atoms with Crippen LogP contribution >= 0.6 is 22.6 Å². The van der Waals surface area contributed by atoms with Crippen molar-refractivity contribution in [2.75, 3.05) is 13.1 Å². The van der Waals surface area contributed by atoms with Crippen LogP contribution in [0.25, 0.3) is 0 Å². The van der Waals surface area contributed by atoms with Crippen LogP contribution in [0.15, 0.2) is 23.1 Å². The minimum absolute atomic E-state index is 0.187. The molecule has 0 spiro atoms. The number of rotatable bonds is 2. The van der Waals surface area contributed by atoms with Crippen molar-refractivity contribution in [1.29, 1.82) is 0 Å². The van der Waals surface area contributed by atoms with Crippen LogP contribution in [-0.4, -0.2) is 29.7 Å². The molecule has 0 N–H and O–H groups in total. The van der Waals surface area contributed by atoms with Gasteiger partial charge in [0.05, 0.1) is 4.90 Å². The molecule has 1 unspecified atom stereocenters. The Hall–Kier alpha value is -0.140. The Balaban J connectivity index is 2.50. The lowest BCUT2D eigenvalue weighted by Crippen LogP contribution is -2.40. The summed E-state index contributed by atoms with van der Waals surface area (Å²) in [5.41, 5.74) is 1.83. The molecule has 1 aliphatic heterocycles. The van der Waals surface area contributed by atoms with E-state index in [0.29, 0.717) is 21.9 Å². The van der Waals surface area contributed by atoms with Gasteiger partial charge >= 0.3 is 0 Å². The van der Waals surface area contributed by atoms with E-state index < -0.39 is 10.0 Å². The molecule has 1 aromatic carbocycles. The summed E-state index contributed by atoms with van der Waals surface area (Å²) in [4.78, 5) is 0.478. The fourth-order valence-corrected chi connectivity index (χ4v) is 5.79. The van der Waals surface area contributed by atoms with E-state index in [2.05, 4.69) is 43.4 Å². The van der Waals surface area contributed by atoms with Gasteiger partial charge in [-0.3, -0.25) is 0 Å². The van der Waals surface area contributed by atoms with Gasteiger partial charge in [-0.05, 0) is 36.8 Å². The lowest BCUT2D eigenvalue weighted by atomic mass is 9.86. The van der Waals surface area contributed by atoms with Crippen molar-refractivity contribution in [3.05, 3.63) is 29.3 Å². The van der Waals surface area contributed by atoms with E-state index in [1.54, 1.807) is 10.4 Å². The Bertz CT molecular complexity index is 620. The zero-order valence-corrected chi connectivity index (χ0v) is 16.2. The molecule has 1 saturated heterocycles. The van der Waals surface area contributed by atoms with E-state index in [1.807, 2.05) is 19.1 Å². The van der Waals surface area contributed by atoms with Crippen molar-refractivity contribution < 1.29 is 8.42 Å². The molecule has 2 rings (SSSR count). The number of nitrogens with zero attached hydrogens (tertiary/aromatic N) is 1. The summed E-state index contributed by atoms with van der Waals surface area (Å²) in [6.07, 6.45) is 2.05. The standard InChI is InChI=1S/C16H24INO2S/c1-12-7-8-15(14(10-12)16(2,3)4)21(19,20)18-9-5-6-13(17)11-18/h7-8,10,13H,5-6,9,11H2,1-4H3. The number of alkyl halides is 1. The fraction of sp³-hybridized carbons (Fsp3) is 0.625. The lowest BCUT2D eigenvalue weighted by Gasteiger charge is -2.31. The number of hydrogen-bond acceptors (Lipinski definition) is 2. The normalized spacial score (nSPS) is 21.5. The van der Waals surface area contributed by atoms with Gasteiger partial charge in [0.15, 0.2) is 0 Å². The van der Waals surface area contributed by atoms with Crippen LogP contribution in [0.2, 0.25) is 0 Å². The Labute approximate surface area is 142 Å². The zero-order chi connectivity index (χ0) is 15.8. The molecule has 1 aliphatic rings. The van der Waals surface area contributed by atoms with Gasteiger partial charge in [0.2, 0.25) is 10.0 Å². The monoisotopic (exact) mass is 421 g/mol. The third-order valence-corrected chi connectivity index (χ3v) is 6.83. The van der Waals surface area contributed by atoms with Gasteiger partial charge in [0.1, 0.15) is 0 Å². The van der Waals surface area contributed by atoms with E-state index in [1.165, 1.54) is 0 Å². The molecule has 0 aliphatic carbocycles. The summed E-state index contributed by atoms with van der Waals surface area (Å²) in [6.45, 7) is 9.47. The van der Waals surface area contributed by atoms with Gasteiger partial charge in [-0.2, -0.15) is 4.31 Å². The maximum atomic E-state index is 13.0. The van der Waals surface area contributed by atoms with Crippen molar-refractivity contribution in [1.82, 2.24) is 4.31 Å². The topological polar surface area (TPSA) is 37.4 Å². The van der Waals surface area contributed by atoms with E-state index in [0.717, 1.165) is 24.0 Å². The van der Waals surface area contributed by atoms with Crippen LogP contribution in [0, 0.1) is 6.92 Å². The molecular weight excluding hydrogens is 397 g/mol. The van der Waals surface area contributed by atoms with E-state index in [9.17, 15) is 8.42 Å². The van der Waals surface area contributed by atoms with Crippen LogP contribution in [-0.2, 0) is 15.4 Å². The van der Waals surface area contributed by atoms with Gasteiger partial charge in [0, 0.05) is 17.0 Å². The van der Waals surface area contributed by atoms with Gasteiger partial charge in [-0.15, -0.1) is 0 Å². The second-order valence-corrected chi connectivity index (χ2v) is 10.5. The molecule has 3 nitrogen and oxygen atoms in total. The highest BCUT2D eigenvalue weighted by Gasteiger charge is 2.33. The van der Waals surface area contributed by atoms with Crippen molar-refractivity contribution >= 4 is 32.6 Å². The first-order valence-corrected chi connectivity index (χ1v) is 10.1. The predicted molar refractivity (Wildman–Crippen MR) is 95.7 cm³/mol. The minimum atomic E-state index is -3.40. The highest BCUT2D eigenvalue weighted by Crippen LogP contribution is 2.33. The van der Waals surface area contributed by atoms with Crippen LogP contribution in [0.4, 0.5) is 0 Å². The average molecular weight is 421 g/mol. The summed E-state index contributed by atoms with van der Waals surface area (Å²) < 4.78 is 28.1. The first-order chi connectivity index (χ1) is 9.62. The molecule has 21 heavy (non-hydrogen) atoms. The van der Waals surface area contributed by atoms with Crippen LogP contribution in [0.1, 0.15) is 44.7 Å². The molecule has 118 valence electrons. The third kappa shape index (κ3) is 3.79. The van der Waals surface area contributed by atoms with Crippen LogP contribution < -0.4 is 0 Å². The highest BCUT2D eigenvalue weighted by atomic mass is 127. The molecule has 0 aromatic heterocycles. The number of sulfonamides is 1. The maximum Gasteiger partial charge on any atom is 0.243 e. The molecule has 5 heteroatoms. The van der Waals surface area contributed by atoms with E-state index in [4.69, 9.17) is 0 Å². The largest absolute Gasteiger partial charge is 0.243 e. The molecule has 1 aromatic rings. The molecule has 0 saturated carbocycles. The molecule has 1 atom stereocenters. The van der Waals surface area contributed by atoms with Gasteiger partial charge in [-0.25, -0.2) is 8.42 Å². The number of halogens is 1. The number of piperidine rings is 1. The average Bonchev–Trinajstić information content (AvgIpc) is 2.37. The number of benzene rings is 1. The quantitative estimate of drug-likeness (QED) is 0.537. The summed E-state index contributed by atoms with van der Waals surface area (Å²) in [5, 5.41) is 0. The minimum Gasteiger partial charge on any atom is -0.207 e.